The fraction of sp³-hybridized carbons (Fsp3) is 0.462. The molecule has 1 heterocycles. The van der Waals surface area contributed by atoms with Crippen LogP contribution in [0.25, 0.3) is 0 Å². The molecule has 1 atom stereocenters. The van der Waals surface area contributed by atoms with Crippen LogP contribution in [0.4, 0.5) is 10.1 Å². The predicted octanol–water partition coefficient (Wildman–Crippen LogP) is 1.03. The monoisotopic (exact) mass is 300 g/mol. The van der Waals surface area contributed by atoms with Crippen LogP contribution in [0.3, 0.4) is 0 Å². The zero-order valence-corrected chi connectivity index (χ0v) is 12.0. The van der Waals surface area contributed by atoms with Crippen LogP contribution in [0.2, 0.25) is 0 Å². The van der Waals surface area contributed by atoms with Crippen molar-refractivity contribution in [3.63, 3.8) is 0 Å². The highest BCUT2D eigenvalue weighted by Crippen LogP contribution is 2.20. The molecule has 1 fully saturated rings. The van der Waals surface area contributed by atoms with Crippen LogP contribution in [-0.4, -0.2) is 39.4 Å². The molecule has 1 aromatic rings. The number of sulfone groups is 1. The van der Waals surface area contributed by atoms with Crippen molar-refractivity contribution in [2.45, 2.75) is 6.42 Å². The van der Waals surface area contributed by atoms with E-state index in [1.807, 2.05) is 0 Å². The van der Waals surface area contributed by atoms with E-state index in [4.69, 9.17) is 0 Å². The number of rotatable bonds is 4. The zero-order valence-electron chi connectivity index (χ0n) is 11.1. The van der Waals surface area contributed by atoms with Crippen LogP contribution in [0.1, 0.15) is 16.8 Å². The first kappa shape index (κ1) is 14.8. The number of carbonyl (C=O) groups is 1. The summed E-state index contributed by atoms with van der Waals surface area (Å²) in [4.78, 5) is 12.0. The van der Waals surface area contributed by atoms with Gasteiger partial charge in [-0.25, -0.2) is 12.8 Å². The number of nitrogens with one attached hydrogen (secondary N) is 2. The minimum Gasteiger partial charge on any atom is -0.385 e. The van der Waals surface area contributed by atoms with Crippen LogP contribution in [0, 0.1) is 11.7 Å². The van der Waals surface area contributed by atoms with E-state index in [-0.39, 0.29) is 35.2 Å². The van der Waals surface area contributed by atoms with E-state index in [2.05, 4.69) is 10.6 Å². The predicted molar refractivity (Wildman–Crippen MR) is 75.0 cm³/mol. The Morgan fingerprint density at radius 2 is 2.20 bits per heavy atom. The lowest BCUT2D eigenvalue weighted by Gasteiger charge is -2.12. The first-order chi connectivity index (χ1) is 9.43. The van der Waals surface area contributed by atoms with Gasteiger partial charge in [0.15, 0.2) is 9.84 Å². The lowest BCUT2D eigenvalue weighted by Crippen LogP contribution is -2.30. The fourth-order valence-corrected chi connectivity index (χ4v) is 4.19. The molecule has 5 nitrogen and oxygen atoms in total. The van der Waals surface area contributed by atoms with Crippen molar-refractivity contribution < 1.29 is 17.6 Å². The van der Waals surface area contributed by atoms with Crippen LogP contribution < -0.4 is 10.6 Å². The van der Waals surface area contributed by atoms with Crippen molar-refractivity contribution in [1.29, 1.82) is 0 Å². The fourth-order valence-electron chi connectivity index (χ4n) is 2.33. The van der Waals surface area contributed by atoms with Gasteiger partial charge in [0.2, 0.25) is 0 Å². The zero-order chi connectivity index (χ0) is 14.8. The summed E-state index contributed by atoms with van der Waals surface area (Å²) in [7, 11) is -1.41. The molecular weight excluding hydrogens is 283 g/mol. The summed E-state index contributed by atoms with van der Waals surface area (Å²) >= 11 is 0. The molecule has 20 heavy (non-hydrogen) atoms. The summed E-state index contributed by atoms with van der Waals surface area (Å²) in [6.45, 7) is 0.289. The minimum absolute atomic E-state index is 0.0597. The first-order valence-electron chi connectivity index (χ1n) is 6.38. The van der Waals surface area contributed by atoms with Crippen molar-refractivity contribution in [2.24, 2.45) is 5.92 Å². The number of anilines is 1. The number of hydrogen-bond acceptors (Lipinski definition) is 4. The van der Waals surface area contributed by atoms with Gasteiger partial charge in [0.1, 0.15) is 5.82 Å². The van der Waals surface area contributed by atoms with E-state index in [9.17, 15) is 17.6 Å². The van der Waals surface area contributed by atoms with E-state index in [0.29, 0.717) is 6.42 Å². The molecule has 2 rings (SSSR count). The Balaban J connectivity index is 2.01. The second-order valence-electron chi connectivity index (χ2n) is 4.89. The maximum Gasteiger partial charge on any atom is 0.253 e. The molecule has 0 saturated carbocycles. The standard InChI is InChI=1S/C13H17FN2O3S/c1-15-12-10(3-2-4-11(12)14)13(17)16-7-9-5-6-20(18,19)8-9/h2-4,9,15H,5-8H2,1H3,(H,16,17). The molecule has 1 aliphatic rings. The molecule has 0 aliphatic carbocycles. The molecule has 0 aromatic heterocycles. The topological polar surface area (TPSA) is 75.3 Å². The number of benzene rings is 1. The van der Waals surface area contributed by atoms with Gasteiger partial charge < -0.3 is 10.6 Å². The lowest BCUT2D eigenvalue weighted by molar-refractivity contribution is 0.0949. The molecular formula is C13H17FN2O3S. The molecule has 0 bridgehead atoms. The normalized spacial score (nSPS) is 20.6. The number of halogens is 1. The molecule has 1 saturated heterocycles. The Morgan fingerprint density at radius 3 is 2.80 bits per heavy atom. The highest BCUT2D eigenvalue weighted by atomic mass is 32.2. The minimum atomic E-state index is -2.95. The summed E-state index contributed by atoms with van der Waals surface area (Å²) in [6, 6.07) is 4.26. The molecule has 0 spiro atoms. The van der Waals surface area contributed by atoms with Gasteiger partial charge in [-0.05, 0) is 24.5 Å². The second kappa shape index (κ2) is 5.78. The van der Waals surface area contributed by atoms with Crippen molar-refractivity contribution >= 4 is 21.4 Å². The second-order valence-corrected chi connectivity index (χ2v) is 7.12. The maximum atomic E-state index is 13.5. The highest BCUT2D eigenvalue weighted by molar-refractivity contribution is 7.91. The third-order valence-corrected chi connectivity index (χ3v) is 5.22. The van der Waals surface area contributed by atoms with E-state index in [1.54, 1.807) is 7.05 Å². The van der Waals surface area contributed by atoms with Crippen molar-refractivity contribution in [3.05, 3.63) is 29.6 Å². The molecule has 2 N–H and O–H groups in total. The Labute approximate surface area is 117 Å². The molecule has 1 aliphatic heterocycles. The molecule has 110 valence electrons. The Kier molecular flexibility index (Phi) is 4.27. The van der Waals surface area contributed by atoms with Crippen LogP contribution in [-0.2, 0) is 9.84 Å². The summed E-state index contributed by atoms with van der Waals surface area (Å²) in [5, 5.41) is 5.32. The first-order valence-corrected chi connectivity index (χ1v) is 8.20. The van der Waals surface area contributed by atoms with E-state index in [0.717, 1.165) is 0 Å². The van der Waals surface area contributed by atoms with Gasteiger partial charge in [-0.3, -0.25) is 4.79 Å². The summed E-state index contributed by atoms with van der Waals surface area (Å²) < 4.78 is 36.2. The lowest BCUT2D eigenvalue weighted by atomic mass is 10.1. The van der Waals surface area contributed by atoms with Gasteiger partial charge in [0, 0.05) is 13.6 Å². The maximum absolute atomic E-state index is 13.5. The quantitative estimate of drug-likeness (QED) is 0.871. The Bertz CT molecular complexity index is 616. The average molecular weight is 300 g/mol. The average Bonchev–Trinajstić information content (AvgIpc) is 2.75. The third-order valence-electron chi connectivity index (χ3n) is 3.39. The van der Waals surface area contributed by atoms with Gasteiger partial charge in [0.05, 0.1) is 22.8 Å². The van der Waals surface area contributed by atoms with Crippen molar-refractivity contribution in [3.8, 4) is 0 Å². The van der Waals surface area contributed by atoms with Gasteiger partial charge in [-0.2, -0.15) is 0 Å². The van der Waals surface area contributed by atoms with Crippen molar-refractivity contribution in [2.75, 3.05) is 30.4 Å². The third kappa shape index (κ3) is 3.27. The van der Waals surface area contributed by atoms with Gasteiger partial charge in [-0.15, -0.1) is 0 Å². The van der Waals surface area contributed by atoms with E-state index >= 15 is 0 Å². The van der Waals surface area contributed by atoms with Gasteiger partial charge in [-0.1, -0.05) is 6.07 Å². The SMILES string of the molecule is CNc1c(F)cccc1C(=O)NCC1CCS(=O)(=O)C1. The van der Waals surface area contributed by atoms with Crippen LogP contribution in [0.15, 0.2) is 18.2 Å². The Morgan fingerprint density at radius 1 is 1.45 bits per heavy atom. The summed E-state index contributed by atoms with van der Waals surface area (Å²) in [5.74, 6) is -0.679. The summed E-state index contributed by atoms with van der Waals surface area (Å²) in [5.41, 5.74) is 0.359. The van der Waals surface area contributed by atoms with Gasteiger partial charge >= 0.3 is 0 Å². The number of amides is 1. The highest BCUT2D eigenvalue weighted by Gasteiger charge is 2.28. The largest absolute Gasteiger partial charge is 0.385 e. The number of hydrogen-bond donors (Lipinski definition) is 2. The number of para-hydroxylation sites is 1. The molecule has 0 radical (unpaired) electrons. The number of carbonyl (C=O) groups excluding carboxylic acids is 1. The van der Waals surface area contributed by atoms with Crippen molar-refractivity contribution in [1.82, 2.24) is 5.32 Å². The van der Waals surface area contributed by atoms with E-state index < -0.39 is 21.6 Å². The van der Waals surface area contributed by atoms with Crippen LogP contribution in [0.5, 0.6) is 0 Å². The van der Waals surface area contributed by atoms with E-state index in [1.165, 1.54) is 18.2 Å². The Hall–Kier alpha value is -1.63. The molecule has 7 heteroatoms. The summed E-state index contributed by atoms with van der Waals surface area (Å²) in [6.07, 6.45) is 0.560. The molecule has 1 amide bonds. The smallest absolute Gasteiger partial charge is 0.253 e. The van der Waals surface area contributed by atoms with Gasteiger partial charge in [0.25, 0.3) is 5.91 Å². The molecule has 1 unspecified atom stereocenters. The molecule has 1 aromatic carbocycles. The van der Waals surface area contributed by atoms with Crippen LogP contribution >= 0.6 is 0 Å².